The maximum absolute atomic E-state index is 10.9. The molecule has 1 amide bonds. The second kappa shape index (κ2) is 7.43. The van der Waals surface area contributed by atoms with Crippen molar-refractivity contribution in [3.05, 3.63) is 41.5 Å². The molecule has 0 aromatic heterocycles. The smallest absolute Gasteiger partial charge is 0.216 e. The summed E-state index contributed by atoms with van der Waals surface area (Å²) in [6.45, 7) is 3.77. The molecule has 0 unspecified atom stereocenters. The van der Waals surface area contributed by atoms with Crippen LogP contribution in [0, 0.1) is 0 Å². The molecule has 0 aliphatic carbocycles. The second-order valence-electron chi connectivity index (χ2n) is 4.29. The molecule has 1 rings (SSSR count). The molecule has 0 atom stereocenters. The van der Waals surface area contributed by atoms with E-state index in [1.165, 1.54) is 6.92 Å². The van der Waals surface area contributed by atoms with Crippen LogP contribution in [-0.4, -0.2) is 18.2 Å². The number of hydrogen-bond donors (Lipinski definition) is 1. The quantitative estimate of drug-likeness (QED) is 0.782. The highest BCUT2D eigenvalue weighted by Crippen LogP contribution is 2.07. The van der Waals surface area contributed by atoms with Crippen molar-refractivity contribution in [2.45, 2.75) is 26.7 Å². The Morgan fingerprint density at radius 1 is 1.17 bits per heavy atom. The Morgan fingerprint density at radius 2 is 1.83 bits per heavy atom. The van der Waals surface area contributed by atoms with Crippen LogP contribution in [0.3, 0.4) is 0 Å². The maximum atomic E-state index is 10.9. The Balaban J connectivity index is 2.40. The summed E-state index contributed by atoms with van der Waals surface area (Å²) in [6.07, 6.45) is 5.34. The van der Waals surface area contributed by atoms with E-state index < -0.39 is 0 Å². The van der Waals surface area contributed by atoms with Gasteiger partial charge in [0.1, 0.15) is 5.78 Å². The number of benzene rings is 1. The van der Waals surface area contributed by atoms with Crippen LogP contribution in [-0.2, 0) is 16.0 Å². The van der Waals surface area contributed by atoms with Gasteiger partial charge in [-0.3, -0.25) is 9.59 Å². The molecular formula is C15H19NO2. The highest BCUT2D eigenvalue weighted by atomic mass is 16.1. The van der Waals surface area contributed by atoms with E-state index >= 15 is 0 Å². The summed E-state index contributed by atoms with van der Waals surface area (Å²) in [5.74, 6) is 0.172. The summed E-state index contributed by atoms with van der Waals surface area (Å²) in [4.78, 5) is 21.6. The molecule has 3 heteroatoms. The van der Waals surface area contributed by atoms with Crippen LogP contribution in [0.25, 0.3) is 6.08 Å². The van der Waals surface area contributed by atoms with E-state index in [0.29, 0.717) is 13.0 Å². The van der Waals surface area contributed by atoms with Crippen molar-refractivity contribution in [3.63, 3.8) is 0 Å². The molecule has 0 saturated carbocycles. The van der Waals surface area contributed by atoms with Crippen LogP contribution in [0.5, 0.6) is 0 Å². The third kappa shape index (κ3) is 5.99. The number of rotatable bonds is 6. The van der Waals surface area contributed by atoms with E-state index in [9.17, 15) is 9.59 Å². The number of hydrogen-bond acceptors (Lipinski definition) is 2. The Hall–Kier alpha value is -1.90. The van der Waals surface area contributed by atoms with Gasteiger partial charge in [0, 0.05) is 19.9 Å². The number of nitrogens with one attached hydrogen (secondary N) is 1. The third-order valence-electron chi connectivity index (χ3n) is 2.43. The molecular weight excluding hydrogens is 226 g/mol. The van der Waals surface area contributed by atoms with Crippen LogP contribution in [0.4, 0.5) is 0 Å². The van der Waals surface area contributed by atoms with E-state index in [4.69, 9.17) is 0 Å². The number of carbonyl (C=O) groups excluding carboxylic acids is 2. The number of Topliss-reactive ketones (excluding diaryl/α,β-unsaturated/α-hetero) is 1. The lowest BCUT2D eigenvalue weighted by atomic mass is 10.1. The van der Waals surface area contributed by atoms with E-state index in [0.717, 1.165) is 17.5 Å². The predicted octanol–water partition coefficient (Wildman–Crippen LogP) is 2.36. The van der Waals surface area contributed by atoms with Gasteiger partial charge in [-0.2, -0.15) is 0 Å². The second-order valence-corrected chi connectivity index (χ2v) is 4.29. The van der Waals surface area contributed by atoms with Crippen molar-refractivity contribution >= 4 is 17.8 Å². The lowest BCUT2D eigenvalue weighted by Gasteiger charge is -1.99. The monoisotopic (exact) mass is 245 g/mol. The predicted molar refractivity (Wildman–Crippen MR) is 73.2 cm³/mol. The van der Waals surface area contributed by atoms with Gasteiger partial charge in [0.2, 0.25) is 5.91 Å². The van der Waals surface area contributed by atoms with Crippen molar-refractivity contribution < 1.29 is 9.59 Å². The van der Waals surface area contributed by atoms with Crippen molar-refractivity contribution in [2.24, 2.45) is 0 Å². The molecule has 0 aliphatic heterocycles. The largest absolute Gasteiger partial charge is 0.356 e. The minimum absolute atomic E-state index is 0.00279. The van der Waals surface area contributed by atoms with Gasteiger partial charge in [0.15, 0.2) is 0 Å². The molecule has 0 heterocycles. The van der Waals surface area contributed by atoms with Gasteiger partial charge in [-0.1, -0.05) is 36.4 Å². The fourth-order valence-electron chi connectivity index (χ4n) is 1.59. The highest BCUT2D eigenvalue weighted by Gasteiger charge is 1.96. The van der Waals surface area contributed by atoms with Gasteiger partial charge in [-0.15, -0.1) is 0 Å². The zero-order chi connectivity index (χ0) is 13.4. The molecule has 18 heavy (non-hydrogen) atoms. The first-order chi connectivity index (χ1) is 8.58. The lowest BCUT2D eigenvalue weighted by molar-refractivity contribution is -0.119. The van der Waals surface area contributed by atoms with Gasteiger partial charge in [-0.25, -0.2) is 0 Å². The average molecular weight is 245 g/mol. The van der Waals surface area contributed by atoms with E-state index in [2.05, 4.69) is 5.32 Å². The van der Waals surface area contributed by atoms with E-state index in [-0.39, 0.29) is 11.7 Å². The molecule has 3 nitrogen and oxygen atoms in total. The molecule has 96 valence electrons. The summed E-state index contributed by atoms with van der Waals surface area (Å²) in [5, 5.41) is 2.73. The minimum atomic E-state index is -0.00279. The molecule has 0 radical (unpaired) electrons. The van der Waals surface area contributed by atoms with Crippen molar-refractivity contribution in [1.29, 1.82) is 0 Å². The lowest BCUT2D eigenvalue weighted by Crippen LogP contribution is -2.20. The van der Waals surface area contributed by atoms with Gasteiger partial charge in [-0.05, 0) is 24.5 Å². The first-order valence-electron chi connectivity index (χ1n) is 6.07. The Labute approximate surface area is 108 Å². The first-order valence-corrected chi connectivity index (χ1v) is 6.07. The normalized spacial score (nSPS) is 10.6. The zero-order valence-corrected chi connectivity index (χ0v) is 10.9. The fourth-order valence-corrected chi connectivity index (χ4v) is 1.59. The summed E-state index contributed by atoms with van der Waals surface area (Å²) >= 11 is 0. The minimum Gasteiger partial charge on any atom is -0.356 e. The molecule has 0 saturated heterocycles. The Bertz CT molecular complexity index is 432. The Morgan fingerprint density at radius 3 is 2.39 bits per heavy atom. The molecule has 0 bridgehead atoms. The van der Waals surface area contributed by atoms with Crippen LogP contribution in [0.2, 0.25) is 0 Å². The van der Waals surface area contributed by atoms with E-state index in [1.54, 1.807) is 6.92 Å². The van der Waals surface area contributed by atoms with Crippen molar-refractivity contribution in [1.82, 2.24) is 5.32 Å². The molecule has 1 aromatic rings. The number of ketones is 1. The van der Waals surface area contributed by atoms with Gasteiger partial charge >= 0.3 is 0 Å². The third-order valence-corrected chi connectivity index (χ3v) is 2.43. The molecule has 1 aromatic carbocycles. The van der Waals surface area contributed by atoms with Gasteiger partial charge < -0.3 is 5.32 Å². The van der Waals surface area contributed by atoms with Crippen LogP contribution in [0.15, 0.2) is 30.3 Å². The molecule has 0 aliphatic rings. The Kier molecular flexibility index (Phi) is 5.85. The number of amides is 1. The summed E-state index contributed by atoms with van der Waals surface area (Å²) < 4.78 is 0. The highest BCUT2D eigenvalue weighted by molar-refractivity contribution is 5.78. The van der Waals surface area contributed by atoms with Crippen LogP contribution >= 0.6 is 0 Å². The van der Waals surface area contributed by atoms with Crippen LogP contribution < -0.4 is 5.32 Å². The summed E-state index contributed by atoms with van der Waals surface area (Å²) in [6, 6.07) is 7.92. The molecule has 1 N–H and O–H groups in total. The first kappa shape index (κ1) is 14.2. The van der Waals surface area contributed by atoms with Crippen LogP contribution in [0.1, 0.15) is 31.4 Å². The molecule has 0 spiro atoms. The van der Waals surface area contributed by atoms with Gasteiger partial charge in [0.25, 0.3) is 0 Å². The SMILES string of the molecule is CC(=O)Cc1ccc(C=CCCNC(C)=O)cc1. The van der Waals surface area contributed by atoms with E-state index in [1.807, 2.05) is 36.4 Å². The topological polar surface area (TPSA) is 46.2 Å². The molecule has 0 fully saturated rings. The van der Waals surface area contributed by atoms with Gasteiger partial charge in [0.05, 0.1) is 0 Å². The maximum Gasteiger partial charge on any atom is 0.216 e. The standard InChI is InChI=1S/C15H19NO2/c1-12(17)11-15-8-6-14(7-9-15)5-3-4-10-16-13(2)18/h3,5-9H,4,10-11H2,1-2H3,(H,16,18). The number of carbonyl (C=O) groups is 2. The summed E-state index contributed by atoms with van der Waals surface area (Å²) in [7, 11) is 0. The fraction of sp³-hybridized carbons (Fsp3) is 0.333. The van der Waals surface area contributed by atoms with Crippen molar-refractivity contribution in [2.75, 3.05) is 6.54 Å². The van der Waals surface area contributed by atoms with Crippen molar-refractivity contribution in [3.8, 4) is 0 Å². The zero-order valence-electron chi connectivity index (χ0n) is 10.9. The average Bonchev–Trinajstić information content (AvgIpc) is 2.30. The summed E-state index contributed by atoms with van der Waals surface area (Å²) in [5.41, 5.74) is 2.14.